The predicted molar refractivity (Wildman–Crippen MR) is 149 cm³/mol. The minimum atomic E-state index is -2.49. The minimum absolute atomic E-state index is 0.307. The van der Waals surface area contributed by atoms with Gasteiger partial charge in [-0.25, -0.2) is 0 Å². The normalized spacial score (nSPS) is 16.2. The topological polar surface area (TPSA) is 0 Å². The summed E-state index contributed by atoms with van der Waals surface area (Å²) in [7, 11) is 10.6. The second kappa shape index (κ2) is 10.4. The number of rotatable bonds is 8. The van der Waals surface area contributed by atoms with E-state index in [-0.39, 0.29) is 0 Å². The van der Waals surface area contributed by atoms with Gasteiger partial charge in [-0.05, 0) is 0 Å². The summed E-state index contributed by atoms with van der Waals surface area (Å²) in [6.45, 7) is 19.4. The van der Waals surface area contributed by atoms with E-state index in [1.165, 1.54) is 33.4 Å². The molecule has 5 heteroatoms. The summed E-state index contributed by atoms with van der Waals surface area (Å²) in [5, 5.41) is 3.15. The number of hydrogen-bond donors (Lipinski definition) is 0. The summed E-state index contributed by atoms with van der Waals surface area (Å²) >= 11 is -2.49. The summed E-state index contributed by atoms with van der Waals surface area (Å²) in [4.78, 5) is 0. The van der Waals surface area contributed by atoms with Crippen LogP contribution in [-0.4, -0.2) is 16.1 Å². The van der Waals surface area contributed by atoms with Crippen LogP contribution in [0.3, 0.4) is 0 Å². The van der Waals surface area contributed by atoms with Gasteiger partial charge in [0.2, 0.25) is 0 Å². The number of aryl methyl sites for hydroxylation is 1. The molecule has 1 aliphatic rings. The van der Waals surface area contributed by atoms with Gasteiger partial charge in [0.25, 0.3) is 0 Å². The van der Waals surface area contributed by atoms with E-state index >= 15 is 0 Å². The van der Waals surface area contributed by atoms with Crippen LogP contribution in [0.25, 0.3) is 17.2 Å². The number of allylic oxidation sites excluding steroid dienone is 1. The molecule has 0 N–H and O–H groups in total. The molecule has 0 nitrogen and oxygen atoms in total. The third-order valence-electron chi connectivity index (χ3n) is 6.61. The average molecular weight is 582 g/mol. The molecule has 0 fully saturated rings. The van der Waals surface area contributed by atoms with Crippen molar-refractivity contribution in [1.82, 2.24) is 0 Å². The Morgan fingerprint density at radius 1 is 0.812 bits per heavy atom. The van der Waals surface area contributed by atoms with Gasteiger partial charge in [0.1, 0.15) is 0 Å². The number of halogens is 2. The fraction of sp³-hybridized carbons (Fsp3) is 0.481. The van der Waals surface area contributed by atoms with Crippen molar-refractivity contribution in [2.24, 2.45) is 0 Å². The molecule has 0 saturated carbocycles. The Balaban J connectivity index is 2.35. The Kier molecular flexibility index (Phi) is 8.64. The molecular weight excluding hydrogens is 543 g/mol. The standard InChI is InChI=1S/C27H39Si2.2ClH.Zr/c1-9-11-20-15-22-14-13-21(12-10-2)27(26(22)16-20)23-17-24(28(3,4)5)19-25(18-23)29(6,7)8;;;/h13-19H,9-12H2,1-8H3;2*1H;/q;;;+2/p-2. The molecule has 0 spiro atoms. The van der Waals surface area contributed by atoms with Gasteiger partial charge < -0.3 is 0 Å². The SMILES string of the molecule is CCCC1=Cc2c(ccc(CCC)c2-c2cc([Si](C)(C)C)cc([Si](C)(C)C)c2)[CH]1[Zr]([Cl])[Cl]. The number of hydrogen-bond acceptors (Lipinski definition) is 0. The summed E-state index contributed by atoms with van der Waals surface area (Å²) in [6.07, 6.45) is 6.97. The van der Waals surface area contributed by atoms with E-state index in [4.69, 9.17) is 17.0 Å². The van der Waals surface area contributed by atoms with Crippen LogP contribution in [0.5, 0.6) is 0 Å². The van der Waals surface area contributed by atoms with Crippen molar-refractivity contribution in [3.63, 3.8) is 0 Å². The fourth-order valence-corrected chi connectivity index (χ4v) is 12.8. The summed E-state index contributed by atoms with van der Waals surface area (Å²) in [5.74, 6) is 0. The van der Waals surface area contributed by atoms with Crippen LogP contribution in [-0.2, 0) is 25.8 Å². The summed E-state index contributed by atoms with van der Waals surface area (Å²) in [5.41, 5.74) is 8.64. The van der Waals surface area contributed by atoms with Gasteiger partial charge in [-0.1, -0.05) is 0 Å². The quantitative estimate of drug-likeness (QED) is 0.274. The molecule has 0 aliphatic heterocycles. The Labute approximate surface area is 213 Å². The van der Waals surface area contributed by atoms with Crippen LogP contribution in [0.1, 0.15) is 53.4 Å². The van der Waals surface area contributed by atoms with E-state index in [2.05, 4.69) is 89.5 Å². The molecule has 0 bridgehead atoms. The average Bonchev–Trinajstić information content (AvgIpc) is 3.05. The van der Waals surface area contributed by atoms with Crippen molar-refractivity contribution in [2.75, 3.05) is 0 Å². The van der Waals surface area contributed by atoms with Crippen molar-refractivity contribution in [3.8, 4) is 11.1 Å². The van der Waals surface area contributed by atoms with Crippen molar-refractivity contribution in [1.29, 1.82) is 0 Å². The van der Waals surface area contributed by atoms with Gasteiger partial charge in [0, 0.05) is 0 Å². The van der Waals surface area contributed by atoms with Crippen molar-refractivity contribution >= 4 is 49.6 Å². The van der Waals surface area contributed by atoms with Crippen molar-refractivity contribution < 1.29 is 19.4 Å². The maximum absolute atomic E-state index is 6.74. The fourth-order valence-electron chi connectivity index (χ4n) is 4.78. The van der Waals surface area contributed by atoms with Crippen LogP contribution in [0.4, 0.5) is 0 Å². The van der Waals surface area contributed by atoms with E-state index in [1.54, 1.807) is 10.4 Å². The monoisotopic (exact) mass is 579 g/mol. The number of benzene rings is 2. The molecule has 1 aliphatic carbocycles. The zero-order valence-corrected chi connectivity index (χ0v) is 27.1. The molecule has 32 heavy (non-hydrogen) atoms. The van der Waals surface area contributed by atoms with Crippen LogP contribution in [0.15, 0.2) is 35.9 Å². The Morgan fingerprint density at radius 2 is 1.38 bits per heavy atom. The molecule has 0 radical (unpaired) electrons. The van der Waals surface area contributed by atoms with Gasteiger partial charge in [-0.15, -0.1) is 0 Å². The number of fused-ring (bicyclic) bond motifs is 1. The molecule has 2 aromatic rings. The molecule has 0 amide bonds. The molecule has 3 rings (SSSR count). The maximum atomic E-state index is 6.74. The molecule has 1 unspecified atom stereocenters. The van der Waals surface area contributed by atoms with E-state index in [1.807, 2.05) is 0 Å². The van der Waals surface area contributed by atoms with Crippen LogP contribution < -0.4 is 10.4 Å². The Hall–Kier alpha value is 0.0769. The first-order valence-corrected chi connectivity index (χ1v) is 26.8. The molecule has 1 atom stereocenters. The van der Waals surface area contributed by atoms with Crippen molar-refractivity contribution in [3.05, 3.63) is 52.6 Å². The van der Waals surface area contributed by atoms with Gasteiger partial charge in [-0.3, -0.25) is 0 Å². The molecule has 173 valence electrons. The second-order valence-electron chi connectivity index (χ2n) is 11.3. The molecule has 0 saturated heterocycles. The van der Waals surface area contributed by atoms with E-state index in [9.17, 15) is 0 Å². The first-order valence-electron chi connectivity index (χ1n) is 12.1. The van der Waals surface area contributed by atoms with Gasteiger partial charge >= 0.3 is 215 Å². The van der Waals surface area contributed by atoms with Crippen LogP contribution in [0, 0.1) is 0 Å². The summed E-state index contributed by atoms with van der Waals surface area (Å²) < 4.78 is 0.307. The Morgan fingerprint density at radius 3 is 1.84 bits per heavy atom. The molecule has 2 aromatic carbocycles. The molecule has 0 heterocycles. The van der Waals surface area contributed by atoms with E-state index < -0.39 is 35.5 Å². The zero-order chi connectivity index (χ0) is 23.8. The first kappa shape index (κ1) is 26.7. The van der Waals surface area contributed by atoms with Crippen LogP contribution >= 0.6 is 17.0 Å². The van der Waals surface area contributed by atoms with Gasteiger partial charge in [0.05, 0.1) is 0 Å². The zero-order valence-electron chi connectivity index (χ0n) is 21.1. The second-order valence-corrected chi connectivity index (χ2v) is 30.3. The summed E-state index contributed by atoms with van der Waals surface area (Å²) in [6, 6.07) is 12.3. The first-order chi connectivity index (χ1) is 14.9. The van der Waals surface area contributed by atoms with E-state index in [0.717, 1.165) is 25.7 Å². The third kappa shape index (κ3) is 5.65. The molecular formula is C27H39Cl2Si2Zr. The van der Waals surface area contributed by atoms with E-state index in [0.29, 0.717) is 3.63 Å². The predicted octanol–water partition coefficient (Wildman–Crippen LogP) is 8.56. The molecule has 0 aromatic heterocycles. The third-order valence-corrected chi connectivity index (χ3v) is 16.0. The van der Waals surface area contributed by atoms with Gasteiger partial charge in [0.15, 0.2) is 0 Å². The van der Waals surface area contributed by atoms with Crippen LogP contribution in [0.2, 0.25) is 39.3 Å². The Bertz CT molecular complexity index is 981. The van der Waals surface area contributed by atoms with Crippen molar-refractivity contribution in [2.45, 2.75) is 82.4 Å². The van der Waals surface area contributed by atoms with Gasteiger partial charge in [-0.2, -0.15) is 0 Å².